The molecule has 2 saturated heterocycles. The molecule has 0 unspecified atom stereocenters. The molecule has 2 fully saturated rings. The number of hydrogen-bond donors (Lipinski definition) is 1. The summed E-state index contributed by atoms with van der Waals surface area (Å²) in [6.07, 6.45) is 2.12. The third kappa shape index (κ3) is 5.43. The van der Waals surface area contributed by atoms with Crippen LogP contribution in [-0.2, 0) is 20.9 Å². The highest BCUT2D eigenvalue weighted by Crippen LogP contribution is 2.32. The number of benzene rings is 1. The molecule has 0 aromatic heterocycles. The Morgan fingerprint density at radius 3 is 2.73 bits per heavy atom. The lowest BCUT2D eigenvalue weighted by Gasteiger charge is -2.36. The number of methoxy groups -OCH3 is 2. The van der Waals surface area contributed by atoms with Crippen LogP contribution in [0.4, 0.5) is 0 Å². The van der Waals surface area contributed by atoms with Crippen molar-refractivity contribution in [2.75, 3.05) is 54.1 Å². The molecule has 0 bridgehead atoms. The van der Waals surface area contributed by atoms with E-state index in [1.54, 1.807) is 19.1 Å². The normalized spacial score (nSPS) is 20.5. The van der Waals surface area contributed by atoms with E-state index in [2.05, 4.69) is 10.2 Å². The minimum Gasteiger partial charge on any atom is -0.493 e. The standard InChI is InChI=1S/C22H33N3O5/c1-24(14-16-7-11-30-12-8-16)20(26)13-18-22(27)23-9-10-25(18)15-17-5-4-6-19(28-2)21(17)29-3/h4-6,16,18H,7-15H2,1-3H3,(H,23,27)/t18-/m1/s1. The minimum absolute atomic E-state index is 0.00820. The maximum absolute atomic E-state index is 12.9. The van der Waals surface area contributed by atoms with Crippen LogP contribution in [0, 0.1) is 5.92 Å². The molecule has 0 radical (unpaired) electrons. The molecule has 166 valence electrons. The van der Waals surface area contributed by atoms with E-state index >= 15 is 0 Å². The summed E-state index contributed by atoms with van der Waals surface area (Å²) in [6, 6.07) is 5.21. The molecule has 30 heavy (non-hydrogen) atoms. The Balaban J connectivity index is 1.67. The fourth-order valence-electron chi connectivity index (χ4n) is 4.21. The van der Waals surface area contributed by atoms with Gasteiger partial charge >= 0.3 is 0 Å². The molecule has 8 heteroatoms. The first kappa shape index (κ1) is 22.4. The molecule has 2 aliphatic heterocycles. The smallest absolute Gasteiger partial charge is 0.237 e. The molecule has 0 saturated carbocycles. The summed E-state index contributed by atoms with van der Waals surface area (Å²) < 4.78 is 16.3. The molecule has 2 heterocycles. The zero-order valence-electron chi connectivity index (χ0n) is 18.2. The van der Waals surface area contributed by atoms with E-state index < -0.39 is 6.04 Å². The van der Waals surface area contributed by atoms with Crippen LogP contribution >= 0.6 is 0 Å². The van der Waals surface area contributed by atoms with Gasteiger partial charge < -0.3 is 24.4 Å². The Morgan fingerprint density at radius 2 is 2.03 bits per heavy atom. The monoisotopic (exact) mass is 419 g/mol. The number of nitrogens with zero attached hydrogens (tertiary/aromatic N) is 2. The van der Waals surface area contributed by atoms with Gasteiger partial charge in [-0.1, -0.05) is 12.1 Å². The van der Waals surface area contributed by atoms with Crippen LogP contribution < -0.4 is 14.8 Å². The number of nitrogens with one attached hydrogen (secondary N) is 1. The average Bonchev–Trinajstić information content (AvgIpc) is 2.76. The van der Waals surface area contributed by atoms with Gasteiger partial charge in [0.25, 0.3) is 0 Å². The number of piperazine rings is 1. The third-order valence-corrected chi connectivity index (χ3v) is 5.97. The molecule has 2 aliphatic rings. The Hall–Kier alpha value is -2.32. The van der Waals surface area contributed by atoms with E-state index in [0.717, 1.165) is 31.6 Å². The molecule has 3 rings (SSSR count). The van der Waals surface area contributed by atoms with Gasteiger partial charge in [-0.15, -0.1) is 0 Å². The number of ether oxygens (including phenoxy) is 3. The molecule has 1 atom stereocenters. The fraction of sp³-hybridized carbons (Fsp3) is 0.636. The predicted octanol–water partition coefficient (Wildman–Crippen LogP) is 1.28. The van der Waals surface area contributed by atoms with Crippen LogP contribution in [0.2, 0.25) is 0 Å². The molecule has 1 aromatic rings. The van der Waals surface area contributed by atoms with E-state index in [1.165, 1.54) is 0 Å². The lowest BCUT2D eigenvalue weighted by Crippen LogP contribution is -2.56. The molecular weight excluding hydrogens is 386 g/mol. The summed E-state index contributed by atoms with van der Waals surface area (Å²) in [5, 5.41) is 2.90. The van der Waals surface area contributed by atoms with Gasteiger partial charge in [0.15, 0.2) is 11.5 Å². The molecule has 2 amide bonds. The highest BCUT2D eigenvalue weighted by atomic mass is 16.5. The van der Waals surface area contributed by atoms with E-state index in [4.69, 9.17) is 14.2 Å². The number of carbonyl (C=O) groups is 2. The van der Waals surface area contributed by atoms with Crippen molar-refractivity contribution in [2.24, 2.45) is 5.92 Å². The first-order valence-electron chi connectivity index (χ1n) is 10.6. The lowest BCUT2D eigenvalue weighted by molar-refractivity contribution is -0.138. The highest BCUT2D eigenvalue weighted by Gasteiger charge is 2.33. The van der Waals surface area contributed by atoms with Crippen LogP contribution in [0.25, 0.3) is 0 Å². The van der Waals surface area contributed by atoms with Crippen molar-refractivity contribution in [3.05, 3.63) is 23.8 Å². The summed E-state index contributed by atoms with van der Waals surface area (Å²) >= 11 is 0. The first-order chi connectivity index (χ1) is 14.5. The zero-order chi connectivity index (χ0) is 21.5. The second-order valence-electron chi connectivity index (χ2n) is 7.96. The Morgan fingerprint density at radius 1 is 1.27 bits per heavy atom. The van der Waals surface area contributed by atoms with Gasteiger partial charge in [0.1, 0.15) is 0 Å². The summed E-state index contributed by atoms with van der Waals surface area (Å²) in [7, 11) is 5.04. The topological polar surface area (TPSA) is 80.3 Å². The molecule has 8 nitrogen and oxygen atoms in total. The number of amides is 2. The van der Waals surface area contributed by atoms with Crippen molar-refractivity contribution in [3.63, 3.8) is 0 Å². The van der Waals surface area contributed by atoms with Gasteiger partial charge in [0.05, 0.1) is 26.7 Å². The maximum atomic E-state index is 12.9. The molecule has 1 N–H and O–H groups in total. The van der Waals surface area contributed by atoms with Crippen LogP contribution in [0.15, 0.2) is 18.2 Å². The number of carbonyl (C=O) groups excluding carboxylic acids is 2. The summed E-state index contributed by atoms with van der Waals surface area (Å²) in [5.74, 6) is 1.67. The Labute approximate surface area is 178 Å². The van der Waals surface area contributed by atoms with Crippen LogP contribution in [0.5, 0.6) is 11.5 Å². The summed E-state index contributed by atoms with van der Waals surface area (Å²) in [4.78, 5) is 29.3. The highest BCUT2D eigenvalue weighted by molar-refractivity contribution is 5.88. The van der Waals surface area contributed by atoms with Gasteiger partial charge in [-0.2, -0.15) is 0 Å². The molecule has 0 spiro atoms. The Bertz CT molecular complexity index is 735. The Kier molecular flexibility index (Phi) is 7.93. The SMILES string of the molecule is COc1cccc(CN2CCNC(=O)[C@H]2CC(=O)N(C)CC2CCOCC2)c1OC. The lowest BCUT2D eigenvalue weighted by atomic mass is 9.99. The van der Waals surface area contributed by atoms with Crippen molar-refractivity contribution in [2.45, 2.75) is 31.8 Å². The quantitative estimate of drug-likeness (QED) is 0.684. The number of rotatable bonds is 8. The molecular formula is C22H33N3O5. The van der Waals surface area contributed by atoms with Crippen molar-refractivity contribution in [1.29, 1.82) is 0 Å². The molecule has 0 aliphatic carbocycles. The van der Waals surface area contributed by atoms with E-state index in [1.807, 2.05) is 25.2 Å². The van der Waals surface area contributed by atoms with Gasteiger partial charge in [-0.05, 0) is 24.8 Å². The predicted molar refractivity (Wildman–Crippen MR) is 113 cm³/mol. The number of para-hydroxylation sites is 1. The third-order valence-electron chi connectivity index (χ3n) is 5.97. The minimum atomic E-state index is -0.501. The second-order valence-corrected chi connectivity index (χ2v) is 7.96. The fourth-order valence-corrected chi connectivity index (χ4v) is 4.21. The van der Waals surface area contributed by atoms with Crippen molar-refractivity contribution >= 4 is 11.8 Å². The van der Waals surface area contributed by atoms with Crippen LogP contribution in [0.1, 0.15) is 24.8 Å². The van der Waals surface area contributed by atoms with Gasteiger partial charge in [0, 0.05) is 52.0 Å². The van der Waals surface area contributed by atoms with E-state index in [-0.39, 0.29) is 18.2 Å². The van der Waals surface area contributed by atoms with Gasteiger partial charge in [0.2, 0.25) is 11.8 Å². The summed E-state index contributed by atoms with van der Waals surface area (Å²) in [5.41, 5.74) is 0.930. The van der Waals surface area contributed by atoms with E-state index in [0.29, 0.717) is 43.6 Å². The number of hydrogen-bond acceptors (Lipinski definition) is 6. The zero-order valence-corrected chi connectivity index (χ0v) is 18.2. The average molecular weight is 420 g/mol. The van der Waals surface area contributed by atoms with Crippen molar-refractivity contribution < 1.29 is 23.8 Å². The molecule has 1 aromatic carbocycles. The largest absolute Gasteiger partial charge is 0.493 e. The van der Waals surface area contributed by atoms with Crippen LogP contribution in [-0.4, -0.2) is 81.8 Å². The van der Waals surface area contributed by atoms with E-state index in [9.17, 15) is 9.59 Å². The van der Waals surface area contributed by atoms with Crippen molar-refractivity contribution in [3.8, 4) is 11.5 Å². The summed E-state index contributed by atoms with van der Waals surface area (Å²) in [6.45, 7) is 3.97. The van der Waals surface area contributed by atoms with Crippen LogP contribution in [0.3, 0.4) is 0 Å². The van der Waals surface area contributed by atoms with Gasteiger partial charge in [-0.25, -0.2) is 0 Å². The maximum Gasteiger partial charge on any atom is 0.237 e. The van der Waals surface area contributed by atoms with Gasteiger partial charge in [-0.3, -0.25) is 14.5 Å². The van der Waals surface area contributed by atoms with Crippen molar-refractivity contribution in [1.82, 2.24) is 15.1 Å². The second kappa shape index (κ2) is 10.6. The first-order valence-corrected chi connectivity index (χ1v) is 10.6.